The Hall–Kier alpha value is -0.570. The van der Waals surface area contributed by atoms with Gasteiger partial charge in [-0.25, -0.2) is 4.79 Å². The van der Waals surface area contributed by atoms with Gasteiger partial charge in [0.1, 0.15) is 0 Å². The molecule has 11 heavy (non-hydrogen) atoms. The Bertz CT molecular complexity index is 145. The van der Waals surface area contributed by atoms with Crippen molar-refractivity contribution in [2.24, 2.45) is 5.92 Å². The smallest absolute Gasteiger partial charge is 0.334 e. The van der Waals surface area contributed by atoms with Crippen LogP contribution in [-0.2, 0) is 14.3 Å². The van der Waals surface area contributed by atoms with Gasteiger partial charge in [0.15, 0.2) is 6.10 Å². The second kappa shape index (κ2) is 3.22. The van der Waals surface area contributed by atoms with Gasteiger partial charge in [0.2, 0.25) is 0 Å². The van der Waals surface area contributed by atoms with Gasteiger partial charge in [-0.3, -0.25) is 0 Å². The zero-order valence-electron chi connectivity index (χ0n) is 7.16. The number of carbonyl (C=O) groups is 1. The maximum absolute atomic E-state index is 11.0. The predicted molar refractivity (Wildman–Crippen MR) is 40.1 cm³/mol. The first-order chi connectivity index (χ1) is 5.15. The summed E-state index contributed by atoms with van der Waals surface area (Å²) in [6.07, 6.45) is 0.637. The van der Waals surface area contributed by atoms with E-state index in [-0.39, 0.29) is 18.2 Å². The minimum absolute atomic E-state index is 0.180. The van der Waals surface area contributed by atoms with Gasteiger partial charge >= 0.3 is 5.97 Å². The normalized spacial score (nSPS) is 37.2. The highest BCUT2D eigenvalue weighted by Gasteiger charge is 2.34. The van der Waals surface area contributed by atoms with Gasteiger partial charge in [0.05, 0.1) is 13.2 Å². The van der Waals surface area contributed by atoms with Gasteiger partial charge in [-0.15, -0.1) is 0 Å². The summed E-state index contributed by atoms with van der Waals surface area (Å²) in [6, 6.07) is 0. The van der Waals surface area contributed by atoms with Crippen molar-refractivity contribution in [3.8, 4) is 0 Å². The van der Waals surface area contributed by atoms with Crippen molar-refractivity contribution < 1.29 is 14.3 Å². The fourth-order valence-electron chi connectivity index (χ4n) is 1.26. The van der Waals surface area contributed by atoms with Crippen molar-refractivity contribution in [3.63, 3.8) is 0 Å². The topological polar surface area (TPSA) is 35.5 Å². The van der Waals surface area contributed by atoms with Crippen molar-refractivity contribution in [3.05, 3.63) is 0 Å². The fraction of sp³-hybridized carbons (Fsp3) is 0.875. The van der Waals surface area contributed by atoms with E-state index in [1.165, 1.54) is 7.11 Å². The molecule has 0 unspecified atom stereocenters. The highest BCUT2D eigenvalue weighted by molar-refractivity contribution is 5.74. The molecule has 0 N–H and O–H groups in total. The molecule has 64 valence electrons. The third kappa shape index (κ3) is 1.71. The standard InChI is InChI=1S/C8H14O3/c1-5-4-7(8(9)10-3)11-6(5)2/h5-7H,4H2,1-3H3/t5-,6+,7-/m0/s1. The molecule has 0 aliphatic carbocycles. The molecular weight excluding hydrogens is 144 g/mol. The van der Waals surface area contributed by atoms with E-state index in [2.05, 4.69) is 11.7 Å². The molecule has 0 radical (unpaired) electrons. The molecule has 0 aromatic carbocycles. The zero-order valence-corrected chi connectivity index (χ0v) is 7.16. The Morgan fingerprint density at radius 3 is 2.55 bits per heavy atom. The summed E-state index contributed by atoms with van der Waals surface area (Å²) < 4.78 is 9.92. The summed E-state index contributed by atoms with van der Waals surface area (Å²) in [4.78, 5) is 11.0. The zero-order chi connectivity index (χ0) is 8.43. The van der Waals surface area contributed by atoms with Crippen LogP contribution in [0.2, 0.25) is 0 Å². The first-order valence-corrected chi connectivity index (χ1v) is 3.88. The maximum Gasteiger partial charge on any atom is 0.334 e. The quantitative estimate of drug-likeness (QED) is 0.533. The number of ether oxygens (including phenoxy) is 2. The molecule has 1 fully saturated rings. The summed E-state index contributed by atoms with van der Waals surface area (Å²) in [5.74, 6) is 0.209. The Morgan fingerprint density at radius 1 is 1.55 bits per heavy atom. The van der Waals surface area contributed by atoms with E-state index in [0.717, 1.165) is 6.42 Å². The van der Waals surface area contributed by atoms with E-state index in [9.17, 15) is 4.79 Å². The fourth-order valence-corrected chi connectivity index (χ4v) is 1.26. The van der Waals surface area contributed by atoms with Crippen LogP contribution in [0.5, 0.6) is 0 Å². The largest absolute Gasteiger partial charge is 0.467 e. The molecule has 1 heterocycles. The average Bonchev–Trinajstić information content (AvgIpc) is 2.31. The number of esters is 1. The van der Waals surface area contributed by atoms with Crippen LogP contribution in [0.15, 0.2) is 0 Å². The SMILES string of the molecule is COC(=O)[C@@H]1C[C@H](C)[C@@H](C)O1. The number of rotatable bonds is 1. The molecule has 0 aromatic rings. The summed E-state index contributed by atoms with van der Waals surface area (Å²) in [5.41, 5.74) is 0. The Kier molecular flexibility index (Phi) is 2.49. The third-order valence-electron chi connectivity index (χ3n) is 2.23. The Labute approximate surface area is 66.7 Å². The van der Waals surface area contributed by atoms with E-state index in [4.69, 9.17) is 4.74 Å². The monoisotopic (exact) mass is 158 g/mol. The Morgan fingerprint density at radius 2 is 2.18 bits per heavy atom. The van der Waals surface area contributed by atoms with Crippen LogP contribution < -0.4 is 0 Å². The molecule has 0 saturated carbocycles. The molecule has 3 atom stereocenters. The first-order valence-electron chi connectivity index (χ1n) is 3.88. The highest BCUT2D eigenvalue weighted by atomic mass is 16.6. The van der Waals surface area contributed by atoms with Crippen LogP contribution in [0.3, 0.4) is 0 Å². The third-order valence-corrected chi connectivity index (χ3v) is 2.23. The van der Waals surface area contributed by atoms with Gasteiger partial charge in [-0.05, 0) is 19.3 Å². The van der Waals surface area contributed by atoms with Crippen LogP contribution in [0.4, 0.5) is 0 Å². The van der Waals surface area contributed by atoms with E-state index < -0.39 is 0 Å². The number of carbonyl (C=O) groups excluding carboxylic acids is 1. The van der Waals surface area contributed by atoms with E-state index in [1.807, 2.05) is 6.92 Å². The van der Waals surface area contributed by atoms with E-state index >= 15 is 0 Å². The highest BCUT2D eigenvalue weighted by Crippen LogP contribution is 2.25. The Balaban J connectivity index is 2.46. The second-order valence-corrected chi connectivity index (χ2v) is 3.07. The molecule has 0 amide bonds. The van der Waals surface area contributed by atoms with E-state index in [1.54, 1.807) is 0 Å². The van der Waals surface area contributed by atoms with Gasteiger partial charge in [0.25, 0.3) is 0 Å². The minimum Gasteiger partial charge on any atom is -0.467 e. The van der Waals surface area contributed by atoms with Crippen molar-refractivity contribution in [1.29, 1.82) is 0 Å². The molecule has 0 bridgehead atoms. The maximum atomic E-state index is 11.0. The van der Waals surface area contributed by atoms with Crippen molar-refractivity contribution >= 4 is 5.97 Å². The van der Waals surface area contributed by atoms with Crippen LogP contribution in [0.25, 0.3) is 0 Å². The first kappa shape index (κ1) is 8.53. The molecule has 3 nitrogen and oxygen atoms in total. The number of hydrogen-bond donors (Lipinski definition) is 0. The van der Waals surface area contributed by atoms with Gasteiger partial charge in [0, 0.05) is 0 Å². The van der Waals surface area contributed by atoms with Gasteiger partial charge in [-0.2, -0.15) is 0 Å². The number of methoxy groups -OCH3 is 1. The second-order valence-electron chi connectivity index (χ2n) is 3.07. The van der Waals surface area contributed by atoms with Gasteiger partial charge in [-0.1, -0.05) is 6.92 Å². The van der Waals surface area contributed by atoms with Crippen LogP contribution >= 0.6 is 0 Å². The molecule has 1 aliphatic rings. The minimum atomic E-state index is -0.329. The molecular formula is C8H14O3. The lowest BCUT2D eigenvalue weighted by molar-refractivity contribution is -0.152. The average molecular weight is 158 g/mol. The lowest BCUT2D eigenvalue weighted by Gasteiger charge is -2.07. The van der Waals surface area contributed by atoms with Crippen LogP contribution in [-0.4, -0.2) is 25.3 Å². The van der Waals surface area contributed by atoms with Crippen LogP contribution in [0, 0.1) is 5.92 Å². The lowest BCUT2D eigenvalue weighted by Crippen LogP contribution is -2.21. The van der Waals surface area contributed by atoms with Crippen molar-refractivity contribution in [2.45, 2.75) is 32.5 Å². The summed E-state index contributed by atoms with van der Waals surface area (Å²) >= 11 is 0. The molecule has 1 aliphatic heterocycles. The summed E-state index contributed by atoms with van der Waals surface area (Å²) in [5, 5.41) is 0. The van der Waals surface area contributed by atoms with Crippen LogP contribution in [0.1, 0.15) is 20.3 Å². The molecule has 1 saturated heterocycles. The molecule has 0 aromatic heterocycles. The van der Waals surface area contributed by atoms with Crippen molar-refractivity contribution in [1.82, 2.24) is 0 Å². The summed E-state index contributed by atoms with van der Waals surface area (Å²) in [7, 11) is 1.39. The van der Waals surface area contributed by atoms with E-state index in [0.29, 0.717) is 5.92 Å². The molecule has 3 heteroatoms. The predicted octanol–water partition coefficient (Wildman–Crippen LogP) is 0.973. The van der Waals surface area contributed by atoms with Crippen molar-refractivity contribution in [2.75, 3.05) is 7.11 Å². The molecule has 0 spiro atoms. The lowest BCUT2D eigenvalue weighted by atomic mass is 10.0. The van der Waals surface area contributed by atoms with Gasteiger partial charge < -0.3 is 9.47 Å². The molecule has 1 rings (SSSR count). The summed E-state index contributed by atoms with van der Waals surface area (Å²) in [6.45, 7) is 4.06. The number of hydrogen-bond acceptors (Lipinski definition) is 3.